The molecule has 1 aromatic heterocycles. The van der Waals surface area contributed by atoms with Crippen LogP contribution in [-0.2, 0) is 13.0 Å². The lowest BCUT2D eigenvalue weighted by Crippen LogP contribution is -2.05. The summed E-state index contributed by atoms with van der Waals surface area (Å²) < 4.78 is 6.95. The van der Waals surface area contributed by atoms with Crippen LogP contribution >= 0.6 is 15.9 Å². The van der Waals surface area contributed by atoms with Crippen molar-refractivity contribution in [1.29, 1.82) is 0 Å². The molecule has 16 heavy (non-hydrogen) atoms. The summed E-state index contributed by atoms with van der Waals surface area (Å²) >= 11 is 3.53. The van der Waals surface area contributed by atoms with Gasteiger partial charge in [0.25, 0.3) is 0 Å². The molecule has 1 aromatic carbocycles. The first-order valence-corrected chi connectivity index (χ1v) is 6.40. The Bertz CT molecular complexity index is 490. The molecule has 0 radical (unpaired) electrons. The minimum Gasteiger partial charge on any atom is -0.458 e. The van der Waals surface area contributed by atoms with Gasteiger partial charge in [0.2, 0.25) is 0 Å². The molecule has 2 aromatic rings. The van der Waals surface area contributed by atoms with Crippen molar-refractivity contribution in [2.75, 3.05) is 7.05 Å². The third kappa shape index (κ3) is 2.02. The fraction of sp³-hybridized carbons (Fsp3) is 0.385. The van der Waals surface area contributed by atoms with Gasteiger partial charge in [0.15, 0.2) is 0 Å². The first-order valence-electron chi connectivity index (χ1n) is 5.61. The van der Waals surface area contributed by atoms with Crippen LogP contribution in [0.5, 0.6) is 0 Å². The van der Waals surface area contributed by atoms with E-state index in [4.69, 9.17) is 4.42 Å². The summed E-state index contributed by atoms with van der Waals surface area (Å²) in [6, 6.07) is 6.21. The average molecular weight is 282 g/mol. The fourth-order valence-corrected chi connectivity index (χ4v) is 2.46. The van der Waals surface area contributed by atoms with Crippen molar-refractivity contribution in [1.82, 2.24) is 5.32 Å². The van der Waals surface area contributed by atoms with E-state index in [9.17, 15) is 0 Å². The number of fused-ring (bicyclic) bond motifs is 1. The van der Waals surface area contributed by atoms with Gasteiger partial charge in [-0.2, -0.15) is 0 Å². The Balaban J connectivity index is 2.60. The monoisotopic (exact) mass is 281 g/mol. The molecule has 0 saturated carbocycles. The number of furan rings is 1. The molecule has 0 fully saturated rings. The zero-order valence-corrected chi connectivity index (χ0v) is 11.2. The Labute approximate surface area is 104 Å². The summed E-state index contributed by atoms with van der Waals surface area (Å²) in [5, 5.41) is 4.39. The van der Waals surface area contributed by atoms with Crippen molar-refractivity contribution in [3.63, 3.8) is 0 Å². The molecule has 1 N–H and O–H groups in total. The number of para-hydroxylation sites is 1. The van der Waals surface area contributed by atoms with Crippen LogP contribution in [0.1, 0.15) is 24.7 Å². The minimum absolute atomic E-state index is 0.788. The molecule has 0 aliphatic carbocycles. The van der Waals surface area contributed by atoms with Gasteiger partial charge in [-0.25, -0.2) is 0 Å². The Morgan fingerprint density at radius 3 is 2.88 bits per heavy atom. The molecule has 2 nitrogen and oxygen atoms in total. The molecule has 0 saturated heterocycles. The zero-order chi connectivity index (χ0) is 11.5. The van der Waals surface area contributed by atoms with Crippen LogP contribution < -0.4 is 5.32 Å². The van der Waals surface area contributed by atoms with Crippen LogP contribution in [0.3, 0.4) is 0 Å². The summed E-state index contributed by atoms with van der Waals surface area (Å²) in [4.78, 5) is 0. The van der Waals surface area contributed by atoms with Crippen molar-refractivity contribution in [2.24, 2.45) is 0 Å². The van der Waals surface area contributed by atoms with Gasteiger partial charge in [-0.1, -0.05) is 25.5 Å². The number of rotatable bonds is 4. The predicted molar refractivity (Wildman–Crippen MR) is 70.7 cm³/mol. The molecule has 0 amide bonds. The molecule has 86 valence electrons. The quantitative estimate of drug-likeness (QED) is 0.921. The summed E-state index contributed by atoms with van der Waals surface area (Å²) in [6.45, 7) is 2.98. The molecule has 0 bridgehead atoms. The second-order valence-corrected chi connectivity index (χ2v) is 4.75. The van der Waals surface area contributed by atoms with Crippen LogP contribution in [0, 0.1) is 0 Å². The normalized spacial score (nSPS) is 11.2. The van der Waals surface area contributed by atoms with Gasteiger partial charge in [0, 0.05) is 10.9 Å². The Kier molecular flexibility index (Phi) is 3.66. The highest BCUT2D eigenvalue weighted by Gasteiger charge is 2.14. The van der Waals surface area contributed by atoms with Crippen molar-refractivity contribution >= 4 is 26.9 Å². The second-order valence-electron chi connectivity index (χ2n) is 3.90. The lowest BCUT2D eigenvalue weighted by molar-refractivity contribution is 0.522. The molecule has 0 aliphatic heterocycles. The van der Waals surface area contributed by atoms with Gasteiger partial charge < -0.3 is 9.73 Å². The summed E-state index contributed by atoms with van der Waals surface area (Å²) in [5.41, 5.74) is 2.31. The summed E-state index contributed by atoms with van der Waals surface area (Å²) in [5.74, 6) is 1.06. The molecule has 0 unspecified atom stereocenters. The second kappa shape index (κ2) is 5.02. The summed E-state index contributed by atoms with van der Waals surface area (Å²) in [7, 11) is 1.94. The molecule has 0 spiro atoms. The van der Waals surface area contributed by atoms with E-state index in [0.717, 1.165) is 35.2 Å². The Morgan fingerprint density at radius 1 is 1.38 bits per heavy atom. The Morgan fingerprint density at radius 2 is 2.19 bits per heavy atom. The van der Waals surface area contributed by atoms with Gasteiger partial charge >= 0.3 is 0 Å². The van der Waals surface area contributed by atoms with Gasteiger partial charge in [-0.15, -0.1) is 0 Å². The fourth-order valence-electron chi connectivity index (χ4n) is 2.01. The van der Waals surface area contributed by atoms with E-state index in [1.54, 1.807) is 0 Å². The topological polar surface area (TPSA) is 25.2 Å². The molecule has 3 heteroatoms. The number of hydrogen-bond acceptors (Lipinski definition) is 2. The first-order chi connectivity index (χ1) is 7.77. The highest BCUT2D eigenvalue weighted by atomic mass is 79.9. The molecular formula is C13H16BrNO. The largest absolute Gasteiger partial charge is 0.458 e. The number of hydrogen-bond donors (Lipinski definition) is 1. The highest BCUT2D eigenvalue weighted by Crippen LogP contribution is 2.32. The van der Waals surface area contributed by atoms with E-state index in [0.29, 0.717) is 0 Å². The van der Waals surface area contributed by atoms with Gasteiger partial charge in [-0.05, 0) is 35.5 Å². The van der Waals surface area contributed by atoms with Gasteiger partial charge in [0.05, 0.1) is 11.0 Å². The van der Waals surface area contributed by atoms with E-state index in [2.05, 4.69) is 40.3 Å². The number of benzene rings is 1. The van der Waals surface area contributed by atoms with E-state index in [1.165, 1.54) is 10.9 Å². The SMILES string of the molecule is CCCc1c(CNC)oc2c(Br)cccc12. The van der Waals surface area contributed by atoms with Crippen molar-refractivity contribution in [2.45, 2.75) is 26.3 Å². The van der Waals surface area contributed by atoms with Gasteiger partial charge in [-0.3, -0.25) is 0 Å². The Hall–Kier alpha value is -0.800. The maximum Gasteiger partial charge on any atom is 0.148 e. The molecule has 0 atom stereocenters. The van der Waals surface area contributed by atoms with Gasteiger partial charge in [0.1, 0.15) is 11.3 Å². The maximum atomic E-state index is 5.91. The predicted octanol–water partition coefficient (Wildman–Crippen LogP) is 3.87. The number of halogens is 1. The van der Waals surface area contributed by atoms with Crippen LogP contribution in [0.25, 0.3) is 11.0 Å². The number of aryl methyl sites for hydroxylation is 1. The van der Waals surface area contributed by atoms with E-state index in [-0.39, 0.29) is 0 Å². The van der Waals surface area contributed by atoms with E-state index >= 15 is 0 Å². The van der Waals surface area contributed by atoms with Crippen molar-refractivity contribution in [3.05, 3.63) is 34.0 Å². The highest BCUT2D eigenvalue weighted by molar-refractivity contribution is 9.10. The van der Waals surface area contributed by atoms with Crippen LogP contribution in [0.15, 0.2) is 27.1 Å². The van der Waals surface area contributed by atoms with Crippen molar-refractivity contribution < 1.29 is 4.42 Å². The lowest BCUT2D eigenvalue weighted by atomic mass is 10.1. The minimum atomic E-state index is 0.788. The lowest BCUT2D eigenvalue weighted by Gasteiger charge is -1.99. The zero-order valence-electron chi connectivity index (χ0n) is 9.64. The van der Waals surface area contributed by atoms with E-state index in [1.807, 2.05) is 13.1 Å². The molecule has 2 rings (SSSR count). The van der Waals surface area contributed by atoms with Crippen LogP contribution in [-0.4, -0.2) is 7.05 Å². The van der Waals surface area contributed by atoms with Crippen LogP contribution in [0.4, 0.5) is 0 Å². The maximum absolute atomic E-state index is 5.91. The summed E-state index contributed by atoms with van der Waals surface area (Å²) in [6.07, 6.45) is 2.21. The molecule has 0 aliphatic rings. The molecule has 1 heterocycles. The standard InChI is InChI=1S/C13H16BrNO/c1-3-5-9-10-6-4-7-11(14)13(10)16-12(9)8-15-2/h4,6-7,15H,3,5,8H2,1-2H3. The first kappa shape index (κ1) is 11.7. The molecular weight excluding hydrogens is 266 g/mol. The average Bonchev–Trinajstić information content (AvgIpc) is 2.61. The third-order valence-electron chi connectivity index (χ3n) is 2.69. The third-order valence-corrected chi connectivity index (χ3v) is 3.32. The van der Waals surface area contributed by atoms with Crippen molar-refractivity contribution in [3.8, 4) is 0 Å². The smallest absolute Gasteiger partial charge is 0.148 e. The van der Waals surface area contributed by atoms with Crippen LogP contribution in [0.2, 0.25) is 0 Å². The van der Waals surface area contributed by atoms with E-state index < -0.39 is 0 Å². The number of nitrogens with one attached hydrogen (secondary N) is 1.